The molecule has 0 unspecified atom stereocenters. The number of ether oxygens (including phenoxy) is 8. The number of aliphatic hydroxyl groups is 1. The number of hydrogen-bond acceptors (Lipinski definition) is 9. The fraction of sp³-hybridized carbons (Fsp3) is 0.318. The highest BCUT2D eigenvalue weighted by Crippen LogP contribution is 2.34. The summed E-state index contributed by atoms with van der Waals surface area (Å²) in [7, 11) is 1.63. The minimum Gasteiger partial charge on any atom is -0.497 e. The third kappa shape index (κ3) is 11.5. The lowest BCUT2D eigenvalue weighted by atomic mass is 9.84. The predicted octanol–water partition coefficient (Wildman–Crippen LogP) is 7.24. The van der Waals surface area contributed by atoms with Crippen LogP contribution in [-0.4, -0.2) is 62.4 Å². The van der Waals surface area contributed by atoms with Crippen LogP contribution in [-0.2, 0) is 66.2 Å². The van der Waals surface area contributed by atoms with Gasteiger partial charge in [-0.3, -0.25) is 0 Å². The molecule has 6 rings (SSSR count). The molecule has 1 N–H and O–H groups in total. The van der Waals surface area contributed by atoms with Crippen molar-refractivity contribution < 1.29 is 43.0 Å². The molecule has 53 heavy (non-hydrogen) atoms. The molecule has 0 aromatic heterocycles. The number of methoxy groups -OCH3 is 1. The van der Waals surface area contributed by atoms with Gasteiger partial charge in [0.1, 0.15) is 56.0 Å². The number of rotatable bonds is 20. The molecule has 0 spiro atoms. The minimum atomic E-state index is -1.20. The maximum atomic E-state index is 12.2. The zero-order chi connectivity index (χ0) is 36.5. The summed E-state index contributed by atoms with van der Waals surface area (Å²) in [5, 5.41) is 12.2. The molecule has 5 aromatic rings. The Labute approximate surface area is 311 Å². The van der Waals surface area contributed by atoms with Gasteiger partial charge in [-0.25, -0.2) is 0 Å². The topological polar surface area (TPSA) is 94.1 Å². The Hall–Kier alpha value is -4.42. The summed E-state index contributed by atoms with van der Waals surface area (Å²) in [5.41, 5.74) is 4.86. The van der Waals surface area contributed by atoms with Crippen molar-refractivity contribution in [3.63, 3.8) is 0 Å². The highest BCUT2D eigenvalue weighted by Gasteiger charge is 2.54. The van der Waals surface area contributed by atoms with Crippen LogP contribution in [0.1, 0.15) is 27.8 Å². The summed E-state index contributed by atoms with van der Waals surface area (Å²) in [6.45, 7) is 1.22. The largest absolute Gasteiger partial charge is 0.497 e. The van der Waals surface area contributed by atoms with Gasteiger partial charge in [0.2, 0.25) is 0 Å². The third-order valence-corrected chi connectivity index (χ3v) is 9.05. The molecule has 0 amide bonds. The molecule has 9 nitrogen and oxygen atoms in total. The quantitative estimate of drug-likeness (QED) is 0.0660. The lowest BCUT2D eigenvalue weighted by molar-refractivity contribution is -0.299. The second-order valence-corrected chi connectivity index (χ2v) is 12.8. The van der Waals surface area contributed by atoms with E-state index >= 15 is 0 Å². The molecular formula is C44H48O9. The summed E-state index contributed by atoms with van der Waals surface area (Å²) < 4.78 is 50.1. The average Bonchev–Trinajstić information content (AvgIpc) is 3.22. The molecule has 9 heteroatoms. The fourth-order valence-electron chi connectivity index (χ4n) is 6.26. The van der Waals surface area contributed by atoms with E-state index < -0.39 is 36.6 Å². The van der Waals surface area contributed by atoms with Crippen molar-refractivity contribution >= 4 is 0 Å². The Kier molecular flexibility index (Phi) is 15.0. The fourth-order valence-corrected chi connectivity index (χ4v) is 6.26. The molecule has 278 valence electrons. The van der Waals surface area contributed by atoms with Crippen LogP contribution >= 0.6 is 0 Å². The van der Waals surface area contributed by atoms with E-state index in [-0.39, 0.29) is 33.4 Å². The van der Waals surface area contributed by atoms with Crippen LogP contribution in [0.5, 0.6) is 5.75 Å². The second-order valence-electron chi connectivity index (χ2n) is 12.8. The first-order valence-electron chi connectivity index (χ1n) is 17.9. The van der Waals surface area contributed by atoms with E-state index in [9.17, 15) is 5.11 Å². The third-order valence-electron chi connectivity index (χ3n) is 9.05. The highest BCUT2D eigenvalue weighted by molar-refractivity contribution is 5.27. The van der Waals surface area contributed by atoms with Crippen LogP contribution in [0.2, 0.25) is 0 Å². The van der Waals surface area contributed by atoms with E-state index in [1.165, 1.54) is 0 Å². The molecular weight excluding hydrogens is 672 g/mol. The molecule has 0 bridgehead atoms. The summed E-state index contributed by atoms with van der Waals surface area (Å²) in [6, 6.07) is 47.1. The minimum absolute atomic E-state index is 0.0954. The van der Waals surface area contributed by atoms with Crippen molar-refractivity contribution in [3.05, 3.63) is 173 Å². The highest BCUT2D eigenvalue weighted by atomic mass is 16.7. The van der Waals surface area contributed by atoms with Crippen LogP contribution < -0.4 is 4.74 Å². The van der Waals surface area contributed by atoms with Crippen LogP contribution in [0.15, 0.2) is 146 Å². The monoisotopic (exact) mass is 720 g/mol. The summed E-state index contributed by atoms with van der Waals surface area (Å²) in [4.78, 5) is 0. The van der Waals surface area contributed by atoms with Crippen molar-refractivity contribution in [1.82, 2.24) is 0 Å². The van der Waals surface area contributed by atoms with E-state index in [0.717, 1.165) is 33.6 Å². The van der Waals surface area contributed by atoms with Gasteiger partial charge in [-0.05, 0) is 39.9 Å². The first-order valence-corrected chi connectivity index (χ1v) is 17.9. The van der Waals surface area contributed by atoms with Gasteiger partial charge < -0.3 is 43.0 Å². The smallest absolute Gasteiger partial charge is 0.147 e. The van der Waals surface area contributed by atoms with E-state index in [0.29, 0.717) is 13.2 Å². The van der Waals surface area contributed by atoms with Gasteiger partial charge in [0.25, 0.3) is 0 Å². The van der Waals surface area contributed by atoms with Gasteiger partial charge in [-0.1, -0.05) is 133 Å². The molecule has 1 aliphatic carbocycles. The SMILES string of the molecule is COc1ccc(CO[C@H]2[C@H](OCc3ccccc3)[C@@H](OCc3ccccc3)[C@@H](OCOCc3ccccc3)[C@@H](O)[C@@H]2OCOCc2ccccc2)cc1. The molecule has 0 aliphatic heterocycles. The van der Waals surface area contributed by atoms with Crippen LogP contribution in [0.4, 0.5) is 0 Å². The molecule has 0 heterocycles. The second kappa shape index (κ2) is 20.7. The number of hydrogen-bond donors (Lipinski definition) is 1. The average molecular weight is 721 g/mol. The first-order chi connectivity index (χ1) is 26.2. The maximum Gasteiger partial charge on any atom is 0.147 e. The van der Waals surface area contributed by atoms with Crippen molar-refractivity contribution in [2.45, 2.75) is 69.7 Å². The molecule has 5 aromatic carbocycles. The van der Waals surface area contributed by atoms with Crippen molar-refractivity contribution in [3.8, 4) is 5.75 Å². The van der Waals surface area contributed by atoms with E-state index in [1.54, 1.807) is 7.11 Å². The molecule has 1 fully saturated rings. The normalized spacial score (nSPS) is 21.3. The zero-order valence-corrected chi connectivity index (χ0v) is 30.0. The van der Waals surface area contributed by atoms with Gasteiger partial charge in [-0.15, -0.1) is 0 Å². The van der Waals surface area contributed by atoms with Crippen LogP contribution in [0, 0.1) is 0 Å². The van der Waals surface area contributed by atoms with E-state index in [2.05, 4.69) is 0 Å². The molecule has 6 atom stereocenters. The molecule has 0 radical (unpaired) electrons. The Morgan fingerprint density at radius 3 is 1.06 bits per heavy atom. The van der Waals surface area contributed by atoms with E-state index in [1.807, 2.05) is 146 Å². The van der Waals surface area contributed by atoms with Crippen LogP contribution in [0.25, 0.3) is 0 Å². The Bertz CT molecular complexity index is 1710. The van der Waals surface area contributed by atoms with Crippen molar-refractivity contribution in [2.24, 2.45) is 0 Å². The number of benzene rings is 5. The molecule has 1 aliphatic rings. The Morgan fingerprint density at radius 1 is 0.377 bits per heavy atom. The van der Waals surface area contributed by atoms with Gasteiger partial charge in [-0.2, -0.15) is 0 Å². The molecule has 0 saturated heterocycles. The Morgan fingerprint density at radius 2 is 0.698 bits per heavy atom. The summed E-state index contributed by atoms with van der Waals surface area (Å²) in [6.07, 6.45) is -5.33. The standard InChI is InChI=1S/C44H48O9/c1-46-38-24-22-37(23-25-38)30-50-43-41(53-32-48-27-34-16-8-3-9-17-34)39(45)40(52-31-47-26-33-14-6-2-7-15-33)42(49-28-35-18-10-4-11-19-35)44(43)51-29-36-20-12-5-13-21-36/h2-25,39-45H,26-32H2,1H3/t39-,40+,41+,42+,43-,44-/m1/s1. The van der Waals surface area contributed by atoms with Gasteiger partial charge >= 0.3 is 0 Å². The Balaban J connectivity index is 1.28. The van der Waals surface area contributed by atoms with E-state index in [4.69, 9.17) is 37.9 Å². The summed E-state index contributed by atoms with van der Waals surface area (Å²) >= 11 is 0. The predicted molar refractivity (Wildman–Crippen MR) is 200 cm³/mol. The van der Waals surface area contributed by atoms with Crippen molar-refractivity contribution in [1.29, 1.82) is 0 Å². The van der Waals surface area contributed by atoms with Crippen LogP contribution in [0.3, 0.4) is 0 Å². The zero-order valence-electron chi connectivity index (χ0n) is 30.0. The molecule has 1 saturated carbocycles. The van der Waals surface area contributed by atoms with Gasteiger partial charge in [0, 0.05) is 0 Å². The first kappa shape index (κ1) is 38.3. The van der Waals surface area contributed by atoms with Crippen molar-refractivity contribution in [2.75, 3.05) is 20.7 Å². The summed E-state index contributed by atoms with van der Waals surface area (Å²) in [5.74, 6) is 0.742. The lowest BCUT2D eigenvalue weighted by Gasteiger charge is -2.48. The van der Waals surface area contributed by atoms with Gasteiger partial charge in [0.15, 0.2) is 0 Å². The lowest BCUT2D eigenvalue weighted by Crippen LogP contribution is -2.67. The van der Waals surface area contributed by atoms with Gasteiger partial charge in [0.05, 0.1) is 40.1 Å². The maximum absolute atomic E-state index is 12.2. The number of aliphatic hydroxyl groups excluding tert-OH is 1.